The van der Waals surface area contributed by atoms with Crippen molar-refractivity contribution in [3.63, 3.8) is 0 Å². The summed E-state index contributed by atoms with van der Waals surface area (Å²) in [6.07, 6.45) is 0.973. The molecule has 4 aromatic rings. The van der Waals surface area contributed by atoms with Crippen LogP contribution in [0.25, 0.3) is 28.3 Å². The topological polar surface area (TPSA) is 133 Å². The highest BCUT2D eigenvalue weighted by molar-refractivity contribution is 6.07. The molecule has 4 rings (SSSR count). The molecule has 10 nitrogen and oxygen atoms in total. The number of ketones is 1. The second-order valence-electron chi connectivity index (χ2n) is 11.5. The molecule has 0 aliphatic carbocycles. The molecule has 0 aliphatic heterocycles. The first-order chi connectivity index (χ1) is 23.5. The third kappa shape index (κ3) is 8.68. The lowest BCUT2D eigenvalue weighted by Gasteiger charge is -2.17. The minimum absolute atomic E-state index is 0.0502. The number of hydrogen-bond donors (Lipinski definition) is 2. The average Bonchev–Trinajstić information content (AvgIpc) is 3.45. The lowest BCUT2D eigenvalue weighted by molar-refractivity contribution is -0.143. The van der Waals surface area contributed by atoms with E-state index in [9.17, 15) is 28.7 Å². The van der Waals surface area contributed by atoms with Crippen LogP contribution in [0, 0.1) is 5.82 Å². The monoisotopic (exact) mass is 670 g/mol. The molecule has 0 radical (unpaired) electrons. The maximum absolute atomic E-state index is 14.3. The van der Waals surface area contributed by atoms with Gasteiger partial charge in [-0.05, 0) is 61.4 Å². The molecule has 0 spiro atoms. The van der Waals surface area contributed by atoms with E-state index >= 15 is 0 Å². The third-order valence-electron chi connectivity index (χ3n) is 7.81. The van der Waals surface area contributed by atoms with E-state index in [2.05, 4.69) is 10.1 Å². The van der Waals surface area contributed by atoms with E-state index in [1.807, 2.05) is 48.7 Å². The van der Waals surface area contributed by atoms with Crippen LogP contribution in [0.15, 0.2) is 78.9 Å². The largest absolute Gasteiger partial charge is 0.496 e. The fourth-order valence-corrected chi connectivity index (χ4v) is 5.54. The number of rotatable bonds is 14. The maximum Gasteiger partial charge on any atom is 0.337 e. The van der Waals surface area contributed by atoms with Crippen LogP contribution in [-0.4, -0.2) is 60.7 Å². The number of halogens is 1. The highest BCUT2D eigenvalue weighted by Crippen LogP contribution is 2.42. The molecule has 0 saturated heterocycles. The van der Waals surface area contributed by atoms with Gasteiger partial charge in [-0.1, -0.05) is 48.5 Å². The van der Waals surface area contributed by atoms with Gasteiger partial charge in [0.25, 0.3) is 5.91 Å². The Morgan fingerprint density at radius 1 is 0.878 bits per heavy atom. The number of esters is 2. The van der Waals surface area contributed by atoms with Crippen molar-refractivity contribution in [1.82, 2.24) is 9.88 Å². The number of carbonyl (C=O) groups excluding carboxylic acids is 4. The Labute approximate surface area is 284 Å². The van der Waals surface area contributed by atoms with Gasteiger partial charge in [0.05, 0.1) is 45.1 Å². The molecule has 1 aromatic heterocycles. The van der Waals surface area contributed by atoms with Crippen molar-refractivity contribution in [1.29, 1.82) is 0 Å². The number of carbonyl (C=O) groups is 4. The Kier molecular flexibility index (Phi) is 12.2. The van der Waals surface area contributed by atoms with E-state index in [4.69, 9.17) is 9.47 Å². The molecule has 0 aliphatic rings. The van der Waals surface area contributed by atoms with Crippen LogP contribution in [0.4, 0.5) is 4.39 Å². The summed E-state index contributed by atoms with van der Waals surface area (Å²) in [5, 5.41) is 13.2. The highest BCUT2D eigenvalue weighted by atomic mass is 19.1. The molecule has 0 saturated carbocycles. The Bertz CT molecular complexity index is 1850. The first-order valence-corrected chi connectivity index (χ1v) is 15.6. The maximum atomic E-state index is 14.3. The summed E-state index contributed by atoms with van der Waals surface area (Å²) in [7, 11) is 3.94. The van der Waals surface area contributed by atoms with Crippen molar-refractivity contribution in [2.24, 2.45) is 0 Å². The summed E-state index contributed by atoms with van der Waals surface area (Å²) < 4.78 is 30.8. The zero-order valence-electron chi connectivity index (χ0n) is 28.0. The number of allylic oxidation sites excluding steroid dienone is 1. The number of aromatic nitrogens is 1. The number of aliphatic hydroxyl groups excluding tert-OH is 1. The van der Waals surface area contributed by atoms with Crippen LogP contribution in [0.2, 0.25) is 0 Å². The number of hydrogen-bond acceptors (Lipinski definition) is 8. The normalized spacial score (nSPS) is 11.8. The van der Waals surface area contributed by atoms with Crippen molar-refractivity contribution >= 4 is 29.7 Å². The highest BCUT2D eigenvalue weighted by Gasteiger charge is 2.29. The third-order valence-corrected chi connectivity index (χ3v) is 7.81. The van der Waals surface area contributed by atoms with Crippen molar-refractivity contribution < 1.29 is 42.9 Å². The molecule has 2 N–H and O–H groups in total. The zero-order valence-corrected chi connectivity index (χ0v) is 28.0. The molecule has 3 aromatic carbocycles. The summed E-state index contributed by atoms with van der Waals surface area (Å²) in [5.74, 6) is -2.11. The lowest BCUT2D eigenvalue weighted by atomic mass is 9.94. The van der Waals surface area contributed by atoms with Crippen LogP contribution >= 0.6 is 0 Å². The van der Waals surface area contributed by atoms with Gasteiger partial charge in [0.2, 0.25) is 0 Å². The minimum atomic E-state index is -1.24. The number of amides is 1. The summed E-state index contributed by atoms with van der Waals surface area (Å²) in [6.45, 7) is 3.84. The first-order valence-electron chi connectivity index (χ1n) is 15.6. The predicted octanol–water partition coefficient (Wildman–Crippen LogP) is 6.16. The molecule has 1 atom stereocenters. The van der Waals surface area contributed by atoms with Crippen LogP contribution in [0.3, 0.4) is 0 Å². The lowest BCUT2D eigenvalue weighted by Crippen LogP contribution is -2.27. The van der Waals surface area contributed by atoms with E-state index in [-0.39, 0.29) is 25.4 Å². The molecule has 1 heterocycles. The number of nitrogens with one attached hydrogen (secondary N) is 1. The summed E-state index contributed by atoms with van der Waals surface area (Å²) in [5.41, 5.74) is 4.16. The van der Waals surface area contributed by atoms with Crippen molar-refractivity contribution in [2.75, 3.05) is 21.3 Å². The van der Waals surface area contributed by atoms with Crippen LogP contribution < -0.4 is 10.1 Å². The van der Waals surface area contributed by atoms with E-state index in [1.165, 1.54) is 45.6 Å². The molecular formula is C38H39FN2O8. The fourth-order valence-electron chi connectivity index (χ4n) is 5.54. The number of methoxy groups -OCH3 is 3. The first kappa shape index (κ1) is 36.3. The second kappa shape index (κ2) is 16.5. The predicted molar refractivity (Wildman–Crippen MR) is 182 cm³/mol. The van der Waals surface area contributed by atoms with Gasteiger partial charge < -0.3 is 29.2 Å². The Morgan fingerprint density at radius 3 is 2.16 bits per heavy atom. The Hall–Kier alpha value is -5.55. The number of ether oxygens (including phenoxy) is 3. The molecule has 0 unspecified atom stereocenters. The molecule has 256 valence electrons. The number of aliphatic hydroxyl groups is 1. The average molecular weight is 671 g/mol. The number of nitrogens with zero attached hydrogens (tertiary/aromatic N) is 1. The SMILES string of the molecule is COC(=O)C[C@H](O)CC(=O)/C=C/c1c(-c2ccc(F)cc2)c(-c2ccccc2)c(C(=O)NCc2ccc(C(=O)OC)cc2OC)n1C(C)C. The summed E-state index contributed by atoms with van der Waals surface area (Å²) >= 11 is 0. The van der Waals surface area contributed by atoms with E-state index in [1.54, 1.807) is 30.3 Å². The quantitative estimate of drug-likeness (QED) is 0.120. The van der Waals surface area contributed by atoms with E-state index in [0.717, 1.165) is 0 Å². The van der Waals surface area contributed by atoms with Gasteiger partial charge in [-0.3, -0.25) is 14.4 Å². The van der Waals surface area contributed by atoms with Gasteiger partial charge in [-0.25, -0.2) is 9.18 Å². The smallest absolute Gasteiger partial charge is 0.337 e. The fraction of sp³-hybridized carbons (Fsp3) is 0.263. The summed E-state index contributed by atoms with van der Waals surface area (Å²) in [4.78, 5) is 51.0. The molecule has 1 amide bonds. The minimum Gasteiger partial charge on any atom is -0.496 e. The van der Waals surface area contributed by atoms with Crippen LogP contribution in [0.1, 0.15) is 64.8 Å². The molecule has 0 fully saturated rings. The number of benzene rings is 3. The molecule has 11 heteroatoms. The van der Waals surface area contributed by atoms with Crippen LogP contribution in [0.5, 0.6) is 5.75 Å². The van der Waals surface area contributed by atoms with Crippen LogP contribution in [-0.2, 0) is 25.6 Å². The Morgan fingerprint density at radius 2 is 1.55 bits per heavy atom. The second-order valence-corrected chi connectivity index (χ2v) is 11.5. The Balaban J connectivity index is 1.87. The van der Waals surface area contributed by atoms with E-state index < -0.39 is 35.6 Å². The zero-order chi connectivity index (χ0) is 35.7. The van der Waals surface area contributed by atoms with Gasteiger partial charge in [-0.2, -0.15) is 0 Å². The van der Waals surface area contributed by atoms with Crippen molar-refractivity contribution in [3.05, 3.63) is 107 Å². The van der Waals surface area contributed by atoms with Gasteiger partial charge in [0.1, 0.15) is 17.3 Å². The van der Waals surface area contributed by atoms with Gasteiger partial charge in [0.15, 0.2) is 5.78 Å². The standard InChI is InChI=1S/C38H39FN2O8/c1-23(2)41-31(18-17-29(42)20-30(43)21-33(44)48-4)34(25-13-15-28(39)16-14-25)35(24-9-7-6-8-10-24)36(41)37(45)40-22-27-12-11-26(38(46)49-5)19-32(27)47-3/h6-19,23,30,43H,20-22H2,1-5H3,(H,40,45)/b18-17+/t30-/m1/s1. The summed E-state index contributed by atoms with van der Waals surface area (Å²) in [6, 6.07) is 19.6. The van der Waals surface area contributed by atoms with Gasteiger partial charge >= 0.3 is 11.9 Å². The molecule has 49 heavy (non-hydrogen) atoms. The van der Waals surface area contributed by atoms with E-state index in [0.29, 0.717) is 50.5 Å². The van der Waals surface area contributed by atoms with Gasteiger partial charge in [-0.15, -0.1) is 0 Å². The molecule has 0 bridgehead atoms. The van der Waals surface area contributed by atoms with Gasteiger partial charge in [0, 0.05) is 35.7 Å². The molecular weight excluding hydrogens is 631 g/mol. The van der Waals surface area contributed by atoms with Crippen molar-refractivity contribution in [3.8, 4) is 28.0 Å². The van der Waals surface area contributed by atoms with Crippen molar-refractivity contribution in [2.45, 2.75) is 45.4 Å².